The summed E-state index contributed by atoms with van der Waals surface area (Å²) in [4.78, 5) is 17.8. The maximum Gasteiger partial charge on any atom is 0.173 e. The van der Waals surface area contributed by atoms with Crippen molar-refractivity contribution in [1.82, 2.24) is 4.98 Å². The number of hydrogen-bond donors (Lipinski definition) is 0. The molecule has 4 rings (SSSR count). The number of carbonyl (C=O) groups is 1. The topological polar surface area (TPSA) is 53.8 Å². The lowest BCUT2D eigenvalue weighted by Crippen LogP contribution is -2.11. The summed E-state index contributed by atoms with van der Waals surface area (Å²) >= 11 is 1.32. The van der Waals surface area contributed by atoms with Crippen LogP contribution in [0.25, 0.3) is 22.4 Å². The minimum Gasteiger partial charge on any atom is -0.293 e. The van der Waals surface area contributed by atoms with Gasteiger partial charge in [-0.1, -0.05) is 117 Å². The molecular formula is C30H26N2OS. The standard InChI is InChI=1S/C30H26N2OS/c1-30(2,3)24-16-14-23(15-17-24)28(33)20-34-29-26(19-31)25(21-10-6-4-7-11-21)18-27(32-29)22-12-8-5-9-13-22/h4-18H,20H2,1-3H3. The van der Waals surface area contributed by atoms with Gasteiger partial charge < -0.3 is 0 Å². The highest BCUT2D eigenvalue weighted by Crippen LogP contribution is 2.34. The van der Waals surface area contributed by atoms with Crippen LogP contribution < -0.4 is 0 Å². The molecule has 0 amide bonds. The van der Waals surface area contributed by atoms with Crippen molar-refractivity contribution in [3.8, 4) is 28.5 Å². The van der Waals surface area contributed by atoms with Crippen molar-refractivity contribution in [3.05, 3.63) is 108 Å². The first kappa shape index (κ1) is 23.5. The number of nitrogens with zero attached hydrogens (tertiary/aromatic N) is 2. The van der Waals surface area contributed by atoms with E-state index in [2.05, 4.69) is 26.8 Å². The molecule has 0 aliphatic carbocycles. The molecule has 34 heavy (non-hydrogen) atoms. The summed E-state index contributed by atoms with van der Waals surface area (Å²) in [5.41, 5.74) is 5.90. The Morgan fingerprint density at radius 2 is 1.47 bits per heavy atom. The smallest absolute Gasteiger partial charge is 0.173 e. The lowest BCUT2D eigenvalue weighted by molar-refractivity contribution is 0.102. The van der Waals surface area contributed by atoms with Gasteiger partial charge in [-0.05, 0) is 22.6 Å². The number of carbonyl (C=O) groups excluding carboxylic acids is 1. The summed E-state index contributed by atoms with van der Waals surface area (Å²) in [7, 11) is 0. The largest absolute Gasteiger partial charge is 0.293 e. The quantitative estimate of drug-likeness (QED) is 0.219. The van der Waals surface area contributed by atoms with Crippen molar-refractivity contribution in [2.45, 2.75) is 31.2 Å². The summed E-state index contributed by atoms with van der Waals surface area (Å²) in [6.45, 7) is 6.45. The van der Waals surface area contributed by atoms with E-state index in [1.165, 1.54) is 17.3 Å². The second-order valence-corrected chi connectivity index (χ2v) is 10.1. The molecule has 1 aromatic heterocycles. The van der Waals surface area contributed by atoms with Crippen molar-refractivity contribution in [3.63, 3.8) is 0 Å². The first-order valence-corrected chi connectivity index (χ1v) is 12.2. The van der Waals surface area contributed by atoms with E-state index < -0.39 is 0 Å². The molecule has 0 unspecified atom stereocenters. The van der Waals surface area contributed by atoms with Crippen LogP contribution in [0.4, 0.5) is 0 Å². The van der Waals surface area contributed by atoms with Crippen LogP contribution in [-0.4, -0.2) is 16.5 Å². The minimum absolute atomic E-state index is 0.0162. The van der Waals surface area contributed by atoms with Crippen molar-refractivity contribution in [1.29, 1.82) is 5.26 Å². The second-order valence-electron chi connectivity index (χ2n) is 9.12. The average molecular weight is 463 g/mol. The molecule has 0 aliphatic rings. The highest BCUT2D eigenvalue weighted by Gasteiger charge is 2.18. The van der Waals surface area contributed by atoms with Gasteiger partial charge in [-0.15, -0.1) is 0 Å². The van der Waals surface area contributed by atoms with E-state index in [-0.39, 0.29) is 17.0 Å². The van der Waals surface area contributed by atoms with Crippen molar-refractivity contribution < 1.29 is 4.79 Å². The number of aromatic nitrogens is 1. The third kappa shape index (κ3) is 5.27. The lowest BCUT2D eigenvalue weighted by Gasteiger charge is -2.19. The summed E-state index contributed by atoms with van der Waals surface area (Å²) in [6.07, 6.45) is 0. The molecule has 0 radical (unpaired) electrons. The van der Waals surface area contributed by atoms with Gasteiger partial charge >= 0.3 is 0 Å². The molecule has 0 spiro atoms. The van der Waals surface area contributed by atoms with Crippen LogP contribution in [-0.2, 0) is 5.41 Å². The van der Waals surface area contributed by atoms with E-state index >= 15 is 0 Å². The van der Waals surface area contributed by atoms with Crippen LogP contribution in [0.15, 0.2) is 96.0 Å². The zero-order valence-corrected chi connectivity index (χ0v) is 20.4. The monoisotopic (exact) mass is 462 g/mol. The molecule has 0 N–H and O–H groups in total. The molecule has 0 fully saturated rings. The molecule has 3 nitrogen and oxygen atoms in total. The number of pyridine rings is 1. The first-order valence-electron chi connectivity index (χ1n) is 11.2. The fraction of sp³-hybridized carbons (Fsp3) is 0.167. The van der Waals surface area contributed by atoms with Gasteiger partial charge in [0.1, 0.15) is 11.1 Å². The Labute approximate surface area is 205 Å². The molecule has 0 atom stereocenters. The van der Waals surface area contributed by atoms with Crippen molar-refractivity contribution in [2.75, 3.05) is 5.75 Å². The number of hydrogen-bond acceptors (Lipinski definition) is 4. The Morgan fingerprint density at radius 3 is 2.03 bits per heavy atom. The van der Waals surface area contributed by atoms with Gasteiger partial charge in [0.05, 0.1) is 17.0 Å². The van der Waals surface area contributed by atoms with Gasteiger partial charge in [0.25, 0.3) is 0 Å². The number of nitriles is 1. The molecule has 4 heteroatoms. The van der Waals surface area contributed by atoms with Crippen molar-refractivity contribution in [2.24, 2.45) is 0 Å². The van der Waals surface area contributed by atoms with Gasteiger partial charge in [-0.25, -0.2) is 4.98 Å². The summed E-state index contributed by atoms with van der Waals surface area (Å²) in [5, 5.41) is 10.6. The predicted molar refractivity (Wildman–Crippen MR) is 140 cm³/mol. The van der Waals surface area contributed by atoms with Crippen molar-refractivity contribution >= 4 is 17.5 Å². The highest BCUT2D eigenvalue weighted by atomic mass is 32.2. The second kappa shape index (κ2) is 10.1. The van der Waals surface area contributed by atoms with E-state index in [9.17, 15) is 10.1 Å². The molecule has 4 aromatic rings. The molecule has 168 valence electrons. The van der Waals surface area contributed by atoms with E-state index in [1.807, 2.05) is 91.0 Å². The minimum atomic E-state index is 0.0162. The fourth-order valence-corrected chi connectivity index (χ4v) is 4.61. The number of ketones is 1. The Morgan fingerprint density at radius 1 is 0.882 bits per heavy atom. The number of rotatable bonds is 6. The molecule has 0 saturated carbocycles. The average Bonchev–Trinajstić information content (AvgIpc) is 2.87. The van der Waals surface area contributed by atoms with Crippen LogP contribution in [0.3, 0.4) is 0 Å². The predicted octanol–water partition coefficient (Wildman–Crippen LogP) is 7.56. The molecule has 0 bridgehead atoms. The van der Waals surface area contributed by atoms with Crippen LogP contribution in [0.5, 0.6) is 0 Å². The lowest BCUT2D eigenvalue weighted by atomic mass is 9.86. The van der Waals surface area contributed by atoms with E-state index in [0.717, 1.165) is 22.4 Å². The molecular weight excluding hydrogens is 436 g/mol. The van der Waals surface area contributed by atoms with Gasteiger partial charge in [0.2, 0.25) is 0 Å². The molecule has 1 heterocycles. The summed E-state index contributed by atoms with van der Waals surface area (Å²) in [6, 6.07) is 31.8. The molecule has 0 aliphatic heterocycles. The van der Waals surface area contributed by atoms with E-state index in [4.69, 9.17) is 4.98 Å². The number of thioether (sulfide) groups is 1. The summed E-state index contributed by atoms with van der Waals surface area (Å²) < 4.78 is 0. The van der Waals surface area contributed by atoms with Gasteiger partial charge in [0, 0.05) is 16.7 Å². The maximum atomic E-state index is 13.0. The Kier molecular flexibility index (Phi) is 6.95. The van der Waals surface area contributed by atoms with E-state index in [0.29, 0.717) is 16.2 Å². The first-order chi connectivity index (χ1) is 16.4. The zero-order chi connectivity index (χ0) is 24.1. The third-order valence-electron chi connectivity index (χ3n) is 5.67. The maximum absolute atomic E-state index is 13.0. The van der Waals surface area contributed by atoms with Gasteiger partial charge in [-0.3, -0.25) is 4.79 Å². The van der Waals surface area contributed by atoms with Gasteiger partial charge in [0.15, 0.2) is 5.78 Å². The van der Waals surface area contributed by atoms with Crippen LogP contribution >= 0.6 is 11.8 Å². The fourth-order valence-electron chi connectivity index (χ4n) is 3.71. The normalized spacial score (nSPS) is 11.1. The number of Topliss-reactive ketones (excluding diaryl/α,β-unsaturated/α-hetero) is 1. The Balaban J connectivity index is 1.68. The zero-order valence-electron chi connectivity index (χ0n) is 19.6. The Hall–Kier alpha value is -3.68. The molecule has 3 aromatic carbocycles. The van der Waals surface area contributed by atoms with Gasteiger partial charge in [-0.2, -0.15) is 5.26 Å². The molecule has 0 saturated heterocycles. The van der Waals surface area contributed by atoms with Crippen LogP contribution in [0, 0.1) is 11.3 Å². The highest BCUT2D eigenvalue weighted by molar-refractivity contribution is 8.00. The summed E-state index contributed by atoms with van der Waals surface area (Å²) in [5.74, 6) is 0.228. The SMILES string of the molecule is CC(C)(C)c1ccc(C(=O)CSc2nc(-c3ccccc3)cc(-c3ccccc3)c2C#N)cc1. The number of benzene rings is 3. The van der Waals surface area contributed by atoms with Crippen LogP contribution in [0.2, 0.25) is 0 Å². The van der Waals surface area contributed by atoms with E-state index in [1.54, 1.807) is 0 Å². The van der Waals surface area contributed by atoms with Crippen LogP contribution in [0.1, 0.15) is 42.3 Å². The third-order valence-corrected chi connectivity index (χ3v) is 6.64. The Bertz CT molecular complexity index is 1330.